The number of halogens is 1. The maximum Gasteiger partial charge on any atom is 0.242 e. The molecule has 1 aromatic heterocycles. The Morgan fingerprint density at radius 3 is 2.34 bits per heavy atom. The summed E-state index contributed by atoms with van der Waals surface area (Å²) in [6.45, 7) is 3.11. The molecular weight excluding hydrogens is 423 g/mol. The van der Waals surface area contributed by atoms with Crippen LogP contribution in [-0.2, 0) is 22.7 Å². The lowest BCUT2D eigenvalue weighted by Gasteiger charge is -2.28. The molecule has 0 aliphatic heterocycles. The largest absolute Gasteiger partial charge is 0.332 e. The minimum Gasteiger partial charge on any atom is -0.332 e. The van der Waals surface area contributed by atoms with Gasteiger partial charge in [0, 0.05) is 23.9 Å². The number of benzene rings is 1. The van der Waals surface area contributed by atoms with E-state index in [4.69, 9.17) is 0 Å². The molecule has 0 N–H and O–H groups in total. The van der Waals surface area contributed by atoms with Crippen LogP contribution in [-0.4, -0.2) is 34.2 Å². The van der Waals surface area contributed by atoms with Crippen molar-refractivity contribution >= 4 is 23.2 Å². The van der Waals surface area contributed by atoms with Crippen LogP contribution in [0.5, 0.6) is 0 Å². The third kappa shape index (κ3) is 6.18. The number of hydrogen-bond acceptors (Lipinski definition) is 3. The average Bonchev–Trinajstić information content (AvgIpc) is 3.33. The molecule has 0 radical (unpaired) electrons. The topological polar surface area (TPSA) is 40.6 Å². The summed E-state index contributed by atoms with van der Waals surface area (Å²) in [6.07, 6.45) is 8.52. The number of carbonyl (C=O) groups excluding carboxylic acids is 2. The van der Waals surface area contributed by atoms with Crippen LogP contribution in [0.3, 0.4) is 0 Å². The SMILES string of the molecule is Cc1ccsc1CN(Cc1ccc(F)cc1)C(=O)CN(C(=O)CCC1CCCC1)C1CC1. The number of thiophene rings is 1. The maximum absolute atomic E-state index is 13.4. The van der Waals surface area contributed by atoms with Crippen LogP contribution in [0, 0.1) is 18.7 Å². The Bertz CT molecular complexity index is 916. The summed E-state index contributed by atoms with van der Waals surface area (Å²) in [7, 11) is 0. The Hall–Kier alpha value is -2.21. The molecule has 2 saturated carbocycles. The van der Waals surface area contributed by atoms with Crippen LogP contribution in [0.15, 0.2) is 35.7 Å². The summed E-state index contributed by atoms with van der Waals surface area (Å²) < 4.78 is 13.4. The first-order valence-electron chi connectivity index (χ1n) is 11.8. The van der Waals surface area contributed by atoms with Gasteiger partial charge in [-0.25, -0.2) is 4.39 Å². The molecule has 172 valence electrons. The summed E-state index contributed by atoms with van der Waals surface area (Å²) in [4.78, 5) is 31.2. The second kappa shape index (κ2) is 10.6. The first kappa shape index (κ1) is 23.0. The molecule has 0 unspecified atom stereocenters. The van der Waals surface area contributed by atoms with E-state index in [0.29, 0.717) is 25.4 Å². The fourth-order valence-corrected chi connectivity index (χ4v) is 5.53. The summed E-state index contributed by atoms with van der Waals surface area (Å²) in [5.74, 6) is 0.478. The Morgan fingerprint density at radius 2 is 1.72 bits per heavy atom. The number of carbonyl (C=O) groups is 2. The fraction of sp³-hybridized carbons (Fsp3) is 0.538. The van der Waals surface area contributed by atoms with Crippen molar-refractivity contribution in [3.8, 4) is 0 Å². The van der Waals surface area contributed by atoms with E-state index in [9.17, 15) is 14.0 Å². The Morgan fingerprint density at radius 1 is 1.00 bits per heavy atom. The zero-order valence-electron chi connectivity index (χ0n) is 18.9. The minimum atomic E-state index is -0.284. The molecule has 0 bridgehead atoms. The van der Waals surface area contributed by atoms with E-state index in [1.165, 1.54) is 43.4 Å². The lowest BCUT2D eigenvalue weighted by Crippen LogP contribution is -2.43. The van der Waals surface area contributed by atoms with E-state index in [-0.39, 0.29) is 30.2 Å². The molecule has 0 spiro atoms. The van der Waals surface area contributed by atoms with Crippen molar-refractivity contribution in [2.45, 2.75) is 77.4 Å². The molecule has 2 amide bonds. The standard InChI is InChI=1S/C26H33FN2O2S/c1-19-14-15-32-24(19)17-28(16-21-6-9-22(27)10-7-21)26(31)18-29(23-11-12-23)25(30)13-8-20-4-2-3-5-20/h6-7,9-10,14-15,20,23H,2-5,8,11-13,16-18H2,1H3. The first-order valence-corrected chi connectivity index (χ1v) is 12.7. The maximum atomic E-state index is 13.4. The highest BCUT2D eigenvalue weighted by Crippen LogP contribution is 2.31. The van der Waals surface area contributed by atoms with Gasteiger partial charge in [-0.3, -0.25) is 9.59 Å². The van der Waals surface area contributed by atoms with Gasteiger partial charge in [0.15, 0.2) is 0 Å². The van der Waals surface area contributed by atoms with Gasteiger partial charge in [-0.05, 0) is 66.8 Å². The van der Waals surface area contributed by atoms with Crippen molar-refractivity contribution in [2.24, 2.45) is 5.92 Å². The lowest BCUT2D eigenvalue weighted by atomic mass is 10.0. The second-order valence-corrected chi connectivity index (χ2v) is 10.3. The van der Waals surface area contributed by atoms with Crippen LogP contribution >= 0.6 is 11.3 Å². The Kier molecular flexibility index (Phi) is 7.61. The van der Waals surface area contributed by atoms with E-state index in [1.807, 2.05) is 15.2 Å². The van der Waals surface area contributed by atoms with Crippen molar-refractivity contribution in [1.29, 1.82) is 0 Å². The average molecular weight is 457 g/mol. The van der Waals surface area contributed by atoms with E-state index >= 15 is 0 Å². The molecule has 4 rings (SSSR count). The molecule has 6 heteroatoms. The van der Waals surface area contributed by atoms with Gasteiger partial charge in [0.1, 0.15) is 12.4 Å². The summed E-state index contributed by atoms with van der Waals surface area (Å²) >= 11 is 1.64. The molecule has 1 heterocycles. The van der Waals surface area contributed by atoms with E-state index in [1.54, 1.807) is 23.5 Å². The van der Waals surface area contributed by atoms with Crippen molar-refractivity contribution in [1.82, 2.24) is 9.80 Å². The Balaban J connectivity index is 1.43. The van der Waals surface area contributed by atoms with Crippen LogP contribution in [0.1, 0.15) is 67.4 Å². The quantitative estimate of drug-likeness (QED) is 0.461. The first-order chi connectivity index (χ1) is 15.5. The lowest BCUT2D eigenvalue weighted by molar-refractivity contribution is -0.141. The van der Waals surface area contributed by atoms with Gasteiger partial charge in [-0.2, -0.15) is 0 Å². The highest BCUT2D eigenvalue weighted by Gasteiger charge is 2.35. The highest BCUT2D eigenvalue weighted by molar-refractivity contribution is 7.10. The normalized spacial score (nSPS) is 16.3. The third-order valence-electron chi connectivity index (χ3n) is 6.80. The van der Waals surface area contributed by atoms with E-state index in [2.05, 4.69) is 13.0 Å². The van der Waals surface area contributed by atoms with Crippen LogP contribution in [0.2, 0.25) is 0 Å². The van der Waals surface area contributed by atoms with E-state index < -0.39 is 0 Å². The predicted octanol–water partition coefficient (Wildman–Crippen LogP) is 5.69. The molecule has 2 aliphatic rings. The van der Waals surface area contributed by atoms with Gasteiger partial charge < -0.3 is 9.80 Å². The van der Waals surface area contributed by atoms with Gasteiger partial charge in [0.05, 0.1) is 6.54 Å². The van der Waals surface area contributed by atoms with Crippen LogP contribution in [0.4, 0.5) is 4.39 Å². The van der Waals surface area contributed by atoms with Gasteiger partial charge in [0.25, 0.3) is 0 Å². The monoisotopic (exact) mass is 456 g/mol. The summed E-state index contributed by atoms with van der Waals surface area (Å²) in [5, 5.41) is 2.04. The third-order valence-corrected chi connectivity index (χ3v) is 7.80. The van der Waals surface area contributed by atoms with Gasteiger partial charge >= 0.3 is 0 Å². The smallest absolute Gasteiger partial charge is 0.242 e. The van der Waals surface area contributed by atoms with Crippen molar-refractivity contribution < 1.29 is 14.0 Å². The minimum absolute atomic E-state index is 0.0387. The van der Waals surface area contributed by atoms with Crippen molar-refractivity contribution in [2.75, 3.05) is 6.54 Å². The van der Waals surface area contributed by atoms with Gasteiger partial charge in [-0.1, -0.05) is 37.8 Å². The molecule has 2 aliphatic carbocycles. The fourth-order valence-electron chi connectivity index (χ4n) is 4.60. The molecule has 4 nitrogen and oxygen atoms in total. The van der Waals surface area contributed by atoms with Crippen molar-refractivity contribution in [3.63, 3.8) is 0 Å². The van der Waals surface area contributed by atoms with Crippen LogP contribution < -0.4 is 0 Å². The molecule has 0 atom stereocenters. The zero-order chi connectivity index (χ0) is 22.5. The predicted molar refractivity (Wildman–Crippen MR) is 126 cm³/mol. The molecule has 2 fully saturated rings. The highest BCUT2D eigenvalue weighted by atomic mass is 32.1. The van der Waals surface area contributed by atoms with Crippen molar-refractivity contribution in [3.05, 3.63) is 57.5 Å². The van der Waals surface area contributed by atoms with E-state index in [0.717, 1.165) is 29.7 Å². The molecular formula is C26H33FN2O2S. The second-order valence-electron chi connectivity index (χ2n) is 9.35. The molecule has 32 heavy (non-hydrogen) atoms. The van der Waals surface area contributed by atoms with Gasteiger partial charge in [-0.15, -0.1) is 11.3 Å². The number of rotatable bonds is 10. The Labute approximate surface area is 194 Å². The molecule has 0 saturated heterocycles. The zero-order valence-corrected chi connectivity index (χ0v) is 19.7. The summed E-state index contributed by atoms with van der Waals surface area (Å²) in [5.41, 5.74) is 2.05. The number of nitrogens with zero attached hydrogens (tertiary/aromatic N) is 2. The number of hydrogen-bond donors (Lipinski definition) is 0. The van der Waals surface area contributed by atoms with Gasteiger partial charge in [0.2, 0.25) is 11.8 Å². The van der Waals surface area contributed by atoms with Crippen LogP contribution in [0.25, 0.3) is 0 Å². The summed E-state index contributed by atoms with van der Waals surface area (Å²) in [6, 6.07) is 8.58. The molecule has 1 aromatic carbocycles. The number of amides is 2. The number of aryl methyl sites for hydroxylation is 1. The molecule has 2 aromatic rings.